The van der Waals surface area contributed by atoms with Crippen LogP contribution in [0.25, 0.3) is 0 Å². The van der Waals surface area contributed by atoms with Gasteiger partial charge in [0.2, 0.25) is 0 Å². The highest BCUT2D eigenvalue weighted by Gasteiger charge is 2.19. The maximum absolute atomic E-state index is 9.26. The Hall–Kier alpha value is -1.10. The molecule has 1 unspecified atom stereocenters. The first-order chi connectivity index (χ1) is 9.13. The van der Waals surface area contributed by atoms with Crippen LogP contribution >= 0.6 is 0 Å². The molecule has 0 saturated heterocycles. The summed E-state index contributed by atoms with van der Waals surface area (Å²) in [6, 6.07) is 7.79. The lowest BCUT2D eigenvalue weighted by molar-refractivity contribution is 0.163. The largest absolute Gasteiger partial charge is 0.494 e. The molecule has 1 atom stereocenters. The summed E-state index contributed by atoms with van der Waals surface area (Å²) < 4.78 is 5.65. The first-order valence-electron chi connectivity index (χ1n) is 6.76. The van der Waals surface area contributed by atoms with Gasteiger partial charge in [0.05, 0.1) is 13.2 Å². The van der Waals surface area contributed by atoms with Crippen LogP contribution in [0.3, 0.4) is 0 Å². The van der Waals surface area contributed by atoms with Crippen molar-refractivity contribution >= 4 is 0 Å². The Morgan fingerprint density at radius 2 is 1.89 bits per heavy atom. The normalized spacial score (nSPS) is 14.1. The van der Waals surface area contributed by atoms with E-state index in [0.717, 1.165) is 24.2 Å². The molecule has 0 saturated carbocycles. The number of nitrogens with one attached hydrogen (secondary N) is 1. The van der Waals surface area contributed by atoms with Crippen LogP contribution < -0.4 is 10.1 Å². The van der Waals surface area contributed by atoms with Crippen LogP contribution in [0, 0.1) is 0 Å². The van der Waals surface area contributed by atoms with Gasteiger partial charge in [-0.3, -0.25) is 0 Å². The minimum atomic E-state index is -0.228. The first kappa shape index (κ1) is 16.0. The van der Waals surface area contributed by atoms with Gasteiger partial charge in [0.1, 0.15) is 5.75 Å². The molecule has 0 bridgehead atoms. The zero-order valence-electron chi connectivity index (χ0n) is 11.9. The third-order valence-corrected chi connectivity index (χ3v) is 3.42. The van der Waals surface area contributed by atoms with Crippen molar-refractivity contribution < 1.29 is 14.9 Å². The van der Waals surface area contributed by atoms with Crippen molar-refractivity contribution in [1.82, 2.24) is 5.32 Å². The van der Waals surface area contributed by atoms with Gasteiger partial charge in [0.15, 0.2) is 0 Å². The second-order valence-electron chi connectivity index (χ2n) is 5.04. The zero-order valence-corrected chi connectivity index (χ0v) is 11.9. The van der Waals surface area contributed by atoms with E-state index in [1.54, 1.807) is 0 Å². The minimum Gasteiger partial charge on any atom is -0.494 e. The van der Waals surface area contributed by atoms with Crippen LogP contribution in [0.5, 0.6) is 5.75 Å². The van der Waals surface area contributed by atoms with E-state index in [-0.39, 0.29) is 18.8 Å². The topological polar surface area (TPSA) is 61.7 Å². The monoisotopic (exact) mass is 267 g/mol. The van der Waals surface area contributed by atoms with Gasteiger partial charge in [-0.05, 0) is 50.9 Å². The average Bonchev–Trinajstić information content (AvgIpc) is 2.45. The fraction of sp³-hybridized carbons (Fsp3) is 0.600. The fourth-order valence-corrected chi connectivity index (χ4v) is 1.82. The van der Waals surface area contributed by atoms with Gasteiger partial charge in [0.25, 0.3) is 0 Å². The van der Waals surface area contributed by atoms with E-state index < -0.39 is 0 Å². The molecule has 0 radical (unpaired) electrons. The Labute approximate surface area is 115 Å². The molecule has 0 spiro atoms. The molecule has 0 heterocycles. The van der Waals surface area contributed by atoms with Crippen molar-refractivity contribution in [3.8, 4) is 5.75 Å². The lowest BCUT2D eigenvalue weighted by atomic mass is 9.97. The number of benzene rings is 1. The molecule has 1 rings (SSSR count). The van der Waals surface area contributed by atoms with Crippen LogP contribution in [-0.4, -0.2) is 42.6 Å². The zero-order chi connectivity index (χ0) is 14.1. The van der Waals surface area contributed by atoms with E-state index in [1.807, 2.05) is 38.2 Å². The summed E-state index contributed by atoms with van der Waals surface area (Å²) in [6.45, 7) is 2.93. The summed E-state index contributed by atoms with van der Waals surface area (Å²) in [5, 5.41) is 21.2. The van der Waals surface area contributed by atoms with E-state index in [1.165, 1.54) is 0 Å². The van der Waals surface area contributed by atoms with E-state index in [9.17, 15) is 5.11 Å². The molecule has 3 N–H and O–H groups in total. The van der Waals surface area contributed by atoms with Crippen LogP contribution in [0.15, 0.2) is 24.3 Å². The van der Waals surface area contributed by atoms with Crippen LogP contribution in [-0.2, 0) is 6.42 Å². The highest BCUT2D eigenvalue weighted by molar-refractivity contribution is 5.27. The SMILES string of the molecule is CNC(C)(CO)CCCOc1ccc(CCO)cc1. The highest BCUT2D eigenvalue weighted by Crippen LogP contribution is 2.15. The van der Waals surface area contributed by atoms with Crippen LogP contribution in [0.4, 0.5) is 0 Å². The molecule has 4 heteroatoms. The minimum absolute atomic E-state index is 0.124. The summed E-state index contributed by atoms with van der Waals surface area (Å²) in [7, 11) is 1.86. The molecule has 0 aromatic heterocycles. The van der Waals surface area contributed by atoms with Crippen molar-refractivity contribution in [2.24, 2.45) is 0 Å². The Morgan fingerprint density at radius 1 is 1.21 bits per heavy atom. The fourth-order valence-electron chi connectivity index (χ4n) is 1.82. The predicted octanol–water partition coefficient (Wildman–Crippen LogP) is 1.35. The Morgan fingerprint density at radius 3 is 2.42 bits per heavy atom. The lowest BCUT2D eigenvalue weighted by Gasteiger charge is -2.26. The van der Waals surface area contributed by atoms with Crippen molar-refractivity contribution in [2.75, 3.05) is 26.9 Å². The molecule has 0 amide bonds. The molecular weight excluding hydrogens is 242 g/mol. The molecule has 1 aromatic carbocycles. The molecule has 1 aromatic rings. The summed E-state index contributed by atoms with van der Waals surface area (Å²) in [4.78, 5) is 0. The summed E-state index contributed by atoms with van der Waals surface area (Å²) >= 11 is 0. The van der Waals surface area contributed by atoms with E-state index >= 15 is 0 Å². The number of aliphatic hydroxyl groups is 2. The van der Waals surface area contributed by atoms with E-state index in [0.29, 0.717) is 13.0 Å². The summed E-state index contributed by atoms with van der Waals surface area (Å²) in [6.07, 6.45) is 2.43. The molecule has 4 nitrogen and oxygen atoms in total. The molecule has 19 heavy (non-hydrogen) atoms. The first-order valence-corrected chi connectivity index (χ1v) is 6.76. The third kappa shape index (κ3) is 5.59. The van der Waals surface area contributed by atoms with Gasteiger partial charge in [-0.1, -0.05) is 12.1 Å². The van der Waals surface area contributed by atoms with Crippen molar-refractivity contribution in [2.45, 2.75) is 31.7 Å². The standard InChI is InChI=1S/C15H25NO3/c1-15(12-18,16-2)9-3-11-19-14-6-4-13(5-7-14)8-10-17/h4-7,16-18H,3,8-12H2,1-2H3. The smallest absolute Gasteiger partial charge is 0.119 e. The number of aliphatic hydroxyl groups excluding tert-OH is 2. The second-order valence-corrected chi connectivity index (χ2v) is 5.04. The van der Waals surface area contributed by atoms with Gasteiger partial charge < -0.3 is 20.3 Å². The molecule has 0 aliphatic heterocycles. The number of hydrogen-bond donors (Lipinski definition) is 3. The Balaban J connectivity index is 2.29. The van der Waals surface area contributed by atoms with Gasteiger partial charge >= 0.3 is 0 Å². The van der Waals surface area contributed by atoms with Gasteiger partial charge in [-0.25, -0.2) is 0 Å². The van der Waals surface area contributed by atoms with Crippen LogP contribution in [0.2, 0.25) is 0 Å². The lowest BCUT2D eigenvalue weighted by Crippen LogP contribution is -2.43. The molecular formula is C15H25NO3. The number of ether oxygens (including phenoxy) is 1. The van der Waals surface area contributed by atoms with Gasteiger partial charge in [-0.15, -0.1) is 0 Å². The summed E-state index contributed by atoms with van der Waals surface area (Å²) in [5.74, 6) is 0.844. The average molecular weight is 267 g/mol. The highest BCUT2D eigenvalue weighted by atomic mass is 16.5. The van der Waals surface area contributed by atoms with Crippen molar-refractivity contribution in [1.29, 1.82) is 0 Å². The Kier molecular flexibility index (Phi) is 6.84. The predicted molar refractivity (Wildman–Crippen MR) is 76.5 cm³/mol. The number of rotatable bonds is 9. The van der Waals surface area contributed by atoms with Gasteiger partial charge in [-0.2, -0.15) is 0 Å². The maximum Gasteiger partial charge on any atom is 0.119 e. The quantitative estimate of drug-likeness (QED) is 0.591. The van der Waals surface area contributed by atoms with Crippen molar-refractivity contribution in [3.63, 3.8) is 0 Å². The molecule has 0 fully saturated rings. The second kappa shape index (κ2) is 8.15. The number of likely N-dealkylation sites (N-methyl/N-ethyl adjacent to an activating group) is 1. The van der Waals surface area contributed by atoms with Gasteiger partial charge in [0, 0.05) is 12.1 Å². The number of hydrogen-bond acceptors (Lipinski definition) is 4. The third-order valence-electron chi connectivity index (χ3n) is 3.42. The molecule has 108 valence electrons. The van der Waals surface area contributed by atoms with E-state index in [2.05, 4.69) is 5.32 Å². The maximum atomic E-state index is 9.26. The van der Waals surface area contributed by atoms with Crippen molar-refractivity contribution in [3.05, 3.63) is 29.8 Å². The van der Waals surface area contributed by atoms with E-state index in [4.69, 9.17) is 9.84 Å². The molecule has 0 aliphatic carbocycles. The summed E-state index contributed by atoms with van der Waals surface area (Å²) in [5.41, 5.74) is 0.881. The molecule has 0 aliphatic rings. The van der Waals surface area contributed by atoms with Crippen LogP contribution in [0.1, 0.15) is 25.3 Å². The Bertz CT molecular complexity index is 347.